The summed E-state index contributed by atoms with van der Waals surface area (Å²) in [6, 6.07) is 27.6. The third-order valence-corrected chi connectivity index (χ3v) is 7.99. The Morgan fingerprint density at radius 3 is 2.18 bits per heavy atom. The van der Waals surface area contributed by atoms with Crippen molar-refractivity contribution < 1.29 is 9.47 Å². The second kappa shape index (κ2) is 10.3. The minimum Gasteiger partial charge on any atom is -0.372 e. The van der Waals surface area contributed by atoms with Gasteiger partial charge in [-0.1, -0.05) is 66.2 Å². The number of aryl methyl sites for hydroxylation is 2. The lowest BCUT2D eigenvalue weighted by atomic mass is 9.69. The Morgan fingerprint density at radius 2 is 1.50 bits per heavy atom. The van der Waals surface area contributed by atoms with Gasteiger partial charge in [0, 0.05) is 44.8 Å². The molecule has 3 nitrogen and oxygen atoms in total. The monoisotopic (exact) mass is 455 g/mol. The van der Waals surface area contributed by atoms with Gasteiger partial charge in [0.1, 0.15) is 0 Å². The molecule has 2 aliphatic rings. The van der Waals surface area contributed by atoms with E-state index < -0.39 is 0 Å². The lowest BCUT2D eigenvalue weighted by Crippen LogP contribution is -2.39. The number of hydrogen-bond acceptors (Lipinski definition) is 3. The molecule has 1 unspecified atom stereocenters. The van der Waals surface area contributed by atoms with Crippen LogP contribution in [0.1, 0.15) is 58.9 Å². The first kappa shape index (κ1) is 23.1. The van der Waals surface area contributed by atoms with Gasteiger partial charge in [-0.05, 0) is 72.9 Å². The summed E-state index contributed by atoms with van der Waals surface area (Å²) in [6.07, 6.45) is 4.46. The number of hydrogen-bond donors (Lipinski definition) is 0. The molecule has 0 radical (unpaired) electrons. The molecule has 0 spiro atoms. The molecule has 0 amide bonds. The van der Waals surface area contributed by atoms with Crippen LogP contribution in [0, 0.1) is 12.8 Å². The predicted octanol–water partition coefficient (Wildman–Crippen LogP) is 6.69. The van der Waals surface area contributed by atoms with Gasteiger partial charge in [0.05, 0.1) is 0 Å². The highest BCUT2D eigenvalue weighted by Crippen LogP contribution is 2.46. The number of anilines is 1. The van der Waals surface area contributed by atoms with Gasteiger partial charge in [-0.25, -0.2) is 0 Å². The van der Waals surface area contributed by atoms with Crippen LogP contribution in [-0.2, 0) is 15.9 Å². The first-order valence-electron chi connectivity index (χ1n) is 12.7. The van der Waals surface area contributed by atoms with Gasteiger partial charge in [-0.2, -0.15) is 0 Å². The normalized spacial score (nSPS) is 21.0. The molecule has 1 fully saturated rings. The summed E-state index contributed by atoms with van der Waals surface area (Å²) in [4.78, 5) is 2.51. The van der Waals surface area contributed by atoms with Crippen LogP contribution >= 0.6 is 0 Å². The van der Waals surface area contributed by atoms with E-state index in [0.717, 1.165) is 32.4 Å². The third-order valence-electron chi connectivity index (χ3n) is 7.99. The molecule has 178 valence electrons. The molecule has 0 N–H and O–H groups in total. The summed E-state index contributed by atoms with van der Waals surface area (Å²) >= 11 is 0. The van der Waals surface area contributed by atoms with Gasteiger partial charge in [-0.3, -0.25) is 0 Å². The number of ether oxygens (including phenoxy) is 2. The Hall–Kier alpha value is -2.62. The predicted molar refractivity (Wildman–Crippen MR) is 140 cm³/mol. The summed E-state index contributed by atoms with van der Waals surface area (Å²) in [7, 11) is 3.49. The first-order valence-corrected chi connectivity index (χ1v) is 12.7. The zero-order valence-electron chi connectivity index (χ0n) is 20.7. The highest BCUT2D eigenvalue weighted by Gasteiger charge is 2.32. The van der Waals surface area contributed by atoms with Crippen LogP contribution in [0.2, 0.25) is 0 Å². The number of rotatable bonds is 6. The van der Waals surface area contributed by atoms with Gasteiger partial charge in [-0.15, -0.1) is 0 Å². The smallest absolute Gasteiger partial charge is 0.159 e. The molecule has 1 heterocycles. The van der Waals surface area contributed by atoms with Crippen molar-refractivity contribution in [3.05, 3.63) is 101 Å². The first-order chi connectivity index (χ1) is 16.7. The summed E-state index contributed by atoms with van der Waals surface area (Å²) in [5, 5.41) is 0. The van der Waals surface area contributed by atoms with Crippen molar-refractivity contribution >= 4 is 5.69 Å². The van der Waals surface area contributed by atoms with E-state index in [1.54, 1.807) is 14.2 Å². The lowest BCUT2D eigenvalue weighted by Gasteiger charge is -2.37. The molecule has 1 saturated heterocycles. The minimum absolute atomic E-state index is 0.0885. The van der Waals surface area contributed by atoms with Crippen LogP contribution in [0.5, 0.6) is 0 Å². The fourth-order valence-corrected chi connectivity index (χ4v) is 6.22. The number of fused-ring (bicyclic) bond motifs is 1. The maximum absolute atomic E-state index is 5.50. The summed E-state index contributed by atoms with van der Waals surface area (Å²) in [5.41, 5.74) is 8.59. The van der Waals surface area contributed by atoms with Gasteiger partial charge < -0.3 is 14.4 Å². The Kier molecular flexibility index (Phi) is 7.03. The molecule has 3 aromatic rings. The molecule has 2 atom stereocenters. The van der Waals surface area contributed by atoms with Crippen molar-refractivity contribution in [3.63, 3.8) is 0 Å². The summed E-state index contributed by atoms with van der Waals surface area (Å²) in [5.74, 6) is 1.38. The number of nitrogens with zero attached hydrogens (tertiary/aromatic N) is 1. The molecule has 3 heteroatoms. The Labute approximate surface area is 204 Å². The molecular formula is C31H37NO2. The van der Waals surface area contributed by atoms with Crippen molar-refractivity contribution in [2.24, 2.45) is 5.92 Å². The molecule has 1 aliphatic heterocycles. The Balaban J connectivity index is 1.40. The second-order valence-electron chi connectivity index (χ2n) is 9.99. The maximum atomic E-state index is 5.50. The van der Waals surface area contributed by atoms with Gasteiger partial charge >= 0.3 is 0 Å². The topological polar surface area (TPSA) is 21.7 Å². The van der Waals surface area contributed by atoms with E-state index in [9.17, 15) is 0 Å². The summed E-state index contributed by atoms with van der Waals surface area (Å²) in [6.45, 7) is 4.30. The van der Waals surface area contributed by atoms with Gasteiger partial charge in [0.15, 0.2) is 6.29 Å². The van der Waals surface area contributed by atoms with E-state index >= 15 is 0 Å². The fraction of sp³-hybridized carbons (Fsp3) is 0.419. The molecule has 0 saturated carbocycles. The van der Waals surface area contributed by atoms with Crippen LogP contribution in [0.4, 0.5) is 5.69 Å². The Morgan fingerprint density at radius 1 is 0.794 bits per heavy atom. The largest absolute Gasteiger partial charge is 0.372 e. The molecule has 5 rings (SSSR count). The highest BCUT2D eigenvalue weighted by atomic mass is 16.7. The van der Waals surface area contributed by atoms with Crippen molar-refractivity contribution in [1.29, 1.82) is 0 Å². The molecule has 0 bridgehead atoms. The SMILES string of the molecule is COC(OC)C1CCN(c2ccc(C3c4ccc(C)cc4CC[C@@H]3c3ccccc3)cc2)CC1. The molecule has 34 heavy (non-hydrogen) atoms. The van der Waals surface area contributed by atoms with Crippen molar-refractivity contribution in [2.45, 2.75) is 50.7 Å². The summed E-state index contributed by atoms with van der Waals surface area (Å²) < 4.78 is 11.0. The fourth-order valence-electron chi connectivity index (χ4n) is 6.22. The van der Waals surface area contributed by atoms with Crippen LogP contribution < -0.4 is 4.90 Å². The van der Waals surface area contributed by atoms with E-state index in [2.05, 4.69) is 84.6 Å². The maximum Gasteiger partial charge on any atom is 0.159 e. The average molecular weight is 456 g/mol. The van der Waals surface area contributed by atoms with Crippen molar-refractivity contribution in [3.8, 4) is 0 Å². The van der Waals surface area contributed by atoms with Crippen LogP contribution in [0.25, 0.3) is 0 Å². The zero-order valence-corrected chi connectivity index (χ0v) is 20.7. The van der Waals surface area contributed by atoms with E-state index in [0.29, 0.717) is 17.8 Å². The highest BCUT2D eigenvalue weighted by molar-refractivity contribution is 5.52. The van der Waals surface area contributed by atoms with Gasteiger partial charge in [0.25, 0.3) is 0 Å². The standard InChI is InChI=1S/C31H37NO2/c1-22-9-15-29-26(21-22)12-16-28(23-7-5-4-6-8-23)30(29)24-10-13-27(14-11-24)32-19-17-25(18-20-32)31(33-2)34-3/h4-11,13-15,21,25,28,30-31H,12,16-20H2,1-3H3/t28-,30?/m1/s1. The van der Waals surface area contributed by atoms with Crippen LogP contribution in [-0.4, -0.2) is 33.6 Å². The second-order valence-corrected chi connectivity index (χ2v) is 9.99. The van der Waals surface area contributed by atoms with Crippen LogP contribution in [0.15, 0.2) is 72.8 Å². The number of benzene rings is 3. The van der Waals surface area contributed by atoms with E-state index in [1.807, 2.05) is 0 Å². The van der Waals surface area contributed by atoms with Crippen LogP contribution in [0.3, 0.4) is 0 Å². The average Bonchev–Trinajstić information content (AvgIpc) is 2.90. The lowest BCUT2D eigenvalue weighted by molar-refractivity contribution is -0.141. The molecule has 0 aromatic heterocycles. The molecule has 1 aliphatic carbocycles. The number of methoxy groups -OCH3 is 2. The third kappa shape index (κ3) is 4.64. The zero-order chi connectivity index (χ0) is 23.5. The minimum atomic E-state index is -0.0885. The van der Waals surface area contributed by atoms with Gasteiger partial charge in [0.2, 0.25) is 0 Å². The van der Waals surface area contributed by atoms with Crippen molar-refractivity contribution in [1.82, 2.24) is 0 Å². The molecule has 3 aromatic carbocycles. The van der Waals surface area contributed by atoms with Crippen molar-refractivity contribution in [2.75, 3.05) is 32.2 Å². The Bertz CT molecular complexity index is 1070. The van der Waals surface area contributed by atoms with E-state index in [-0.39, 0.29) is 6.29 Å². The van der Waals surface area contributed by atoms with E-state index in [4.69, 9.17) is 9.47 Å². The quantitative estimate of drug-likeness (QED) is 0.386. The number of piperidine rings is 1. The van der Waals surface area contributed by atoms with E-state index in [1.165, 1.54) is 39.9 Å². The molecular weight excluding hydrogens is 418 g/mol.